The lowest BCUT2D eigenvalue weighted by molar-refractivity contribution is 0.0284. The third-order valence-corrected chi connectivity index (χ3v) is 5.91. The molecular weight excluding hydrogens is 494 g/mol. The molecule has 1 aliphatic heterocycles. The Kier molecular flexibility index (Phi) is 7.99. The molecule has 1 fully saturated rings. The first-order valence-electron chi connectivity index (χ1n) is 11.1. The number of hydrogen-bond donors (Lipinski definition) is 3. The van der Waals surface area contributed by atoms with E-state index < -0.39 is 30.0 Å². The fourth-order valence-corrected chi connectivity index (χ4v) is 4.09. The van der Waals surface area contributed by atoms with Crippen molar-refractivity contribution in [1.82, 2.24) is 20.3 Å². The lowest BCUT2D eigenvalue weighted by Crippen LogP contribution is -2.39. The number of anilines is 1. The standard InChI is InChI=1S/C23H23ClF2N8O2/c1-12-8-29-23(32-18-2-3-36-11-17(18)26)33-21(12)14-6-19(28-9-14)22(35)31-20(10-30-34-27)13-4-15(24)7-16(25)5-13/h4-9,17-18,20,28H,2-3,10-11H2,1H3,(H,31,35)(H,29,32,33)/t17-,18+,20-/m1/s1. The fourth-order valence-electron chi connectivity index (χ4n) is 3.86. The SMILES string of the molecule is Cc1cnc(N[C@H]2CCOC[C@H]2F)nc1-c1c[nH]c(C(=O)N[C@H](CN=[N+]=[N-])c2cc(F)cc(Cl)c2)c1. The largest absolute Gasteiger partial charge is 0.378 e. The zero-order valence-electron chi connectivity index (χ0n) is 19.2. The number of halogens is 3. The number of aromatic nitrogens is 3. The molecule has 10 nitrogen and oxygen atoms in total. The van der Waals surface area contributed by atoms with Crippen LogP contribution in [-0.2, 0) is 4.74 Å². The molecule has 3 heterocycles. The van der Waals surface area contributed by atoms with E-state index in [-0.39, 0.29) is 29.8 Å². The van der Waals surface area contributed by atoms with Gasteiger partial charge in [-0.2, -0.15) is 0 Å². The second-order valence-corrected chi connectivity index (χ2v) is 8.74. The third kappa shape index (κ3) is 6.09. The highest BCUT2D eigenvalue weighted by Gasteiger charge is 2.26. The van der Waals surface area contributed by atoms with Crippen LogP contribution in [0, 0.1) is 12.7 Å². The van der Waals surface area contributed by atoms with Crippen LogP contribution < -0.4 is 10.6 Å². The lowest BCUT2D eigenvalue weighted by Gasteiger charge is -2.26. The van der Waals surface area contributed by atoms with E-state index in [0.29, 0.717) is 29.8 Å². The summed E-state index contributed by atoms with van der Waals surface area (Å²) in [6, 6.07) is 4.18. The van der Waals surface area contributed by atoms with Crippen molar-refractivity contribution >= 4 is 23.5 Å². The van der Waals surface area contributed by atoms with E-state index in [1.54, 1.807) is 18.5 Å². The molecule has 0 saturated carbocycles. The van der Waals surface area contributed by atoms with Gasteiger partial charge >= 0.3 is 0 Å². The van der Waals surface area contributed by atoms with Gasteiger partial charge in [-0.25, -0.2) is 18.7 Å². The molecule has 4 rings (SSSR count). The van der Waals surface area contributed by atoms with Gasteiger partial charge in [-0.3, -0.25) is 4.79 Å². The molecular formula is C23H23ClF2N8O2. The molecule has 1 aromatic carbocycles. The molecule has 0 unspecified atom stereocenters. The quantitative estimate of drug-likeness (QED) is 0.222. The van der Waals surface area contributed by atoms with Gasteiger partial charge in [0.25, 0.3) is 5.91 Å². The van der Waals surface area contributed by atoms with Crippen LogP contribution in [0.25, 0.3) is 21.7 Å². The highest BCUT2D eigenvalue weighted by Crippen LogP contribution is 2.25. The first-order chi connectivity index (χ1) is 17.3. The van der Waals surface area contributed by atoms with E-state index in [0.717, 1.165) is 11.6 Å². The third-order valence-electron chi connectivity index (χ3n) is 5.69. The zero-order chi connectivity index (χ0) is 25.7. The van der Waals surface area contributed by atoms with Crippen LogP contribution in [0.1, 0.15) is 34.1 Å². The normalized spacial score (nSPS) is 18.2. The number of rotatable bonds is 8. The van der Waals surface area contributed by atoms with Gasteiger partial charge in [-0.15, -0.1) is 0 Å². The van der Waals surface area contributed by atoms with Crippen LogP contribution >= 0.6 is 11.6 Å². The van der Waals surface area contributed by atoms with Crippen LogP contribution in [0.15, 0.2) is 41.8 Å². The van der Waals surface area contributed by atoms with E-state index in [9.17, 15) is 13.6 Å². The number of carbonyl (C=O) groups excluding carboxylic acids is 1. The smallest absolute Gasteiger partial charge is 0.268 e. The Balaban J connectivity index is 1.53. The molecule has 0 spiro atoms. The number of alkyl halides is 1. The van der Waals surface area contributed by atoms with Gasteiger partial charge in [0.1, 0.15) is 17.7 Å². The predicted molar refractivity (Wildman–Crippen MR) is 130 cm³/mol. The van der Waals surface area contributed by atoms with Gasteiger partial charge < -0.3 is 20.4 Å². The zero-order valence-corrected chi connectivity index (χ0v) is 20.0. The Bertz CT molecular complexity index is 1280. The summed E-state index contributed by atoms with van der Waals surface area (Å²) < 4.78 is 33.1. The summed E-state index contributed by atoms with van der Waals surface area (Å²) in [7, 11) is 0. The Morgan fingerprint density at radius 2 is 2.25 bits per heavy atom. The van der Waals surface area contributed by atoms with Crippen LogP contribution in [-0.4, -0.2) is 52.8 Å². The Morgan fingerprint density at radius 3 is 3.00 bits per heavy atom. The van der Waals surface area contributed by atoms with E-state index in [2.05, 4.69) is 35.6 Å². The minimum Gasteiger partial charge on any atom is -0.378 e. The van der Waals surface area contributed by atoms with Crippen molar-refractivity contribution in [2.45, 2.75) is 31.6 Å². The van der Waals surface area contributed by atoms with Gasteiger partial charge in [-0.1, -0.05) is 16.7 Å². The van der Waals surface area contributed by atoms with Crippen molar-refractivity contribution in [1.29, 1.82) is 0 Å². The summed E-state index contributed by atoms with van der Waals surface area (Å²) in [5.74, 6) is -0.814. The molecule has 3 atom stereocenters. The Hall–Kier alpha value is -3.73. The van der Waals surface area contributed by atoms with Gasteiger partial charge in [-0.05, 0) is 54.3 Å². The van der Waals surface area contributed by atoms with Crippen LogP contribution in [0.3, 0.4) is 0 Å². The van der Waals surface area contributed by atoms with Gasteiger partial charge in [0.05, 0.1) is 30.9 Å². The molecule has 1 amide bonds. The molecule has 1 saturated heterocycles. The van der Waals surface area contributed by atoms with E-state index in [1.165, 1.54) is 12.1 Å². The Morgan fingerprint density at radius 1 is 1.42 bits per heavy atom. The first-order valence-corrected chi connectivity index (χ1v) is 11.5. The second-order valence-electron chi connectivity index (χ2n) is 8.30. The van der Waals surface area contributed by atoms with Crippen molar-refractivity contribution < 1.29 is 18.3 Å². The number of azide groups is 1. The monoisotopic (exact) mass is 516 g/mol. The van der Waals surface area contributed by atoms with E-state index >= 15 is 0 Å². The molecule has 3 N–H and O–H groups in total. The van der Waals surface area contributed by atoms with Crippen molar-refractivity contribution in [3.8, 4) is 11.3 Å². The maximum Gasteiger partial charge on any atom is 0.268 e. The molecule has 0 aliphatic carbocycles. The fraction of sp³-hybridized carbons (Fsp3) is 0.348. The average Bonchev–Trinajstić information content (AvgIpc) is 3.34. The lowest BCUT2D eigenvalue weighted by atomic mass is 10.1. The summed E-state index contributed by atoms with van der Waals surface area (Å²) in [5, 5.41) is 9.41. The highest BCUT2D eigenvalue weighted by atomic mass is 35.5. The number of amides is 1. The van der Waals surface area contributed by atoms with E-state index in [4.69, 9.17) is 21.9 Å². The van der Waals surface area contributed by atoms with Crippen LogP contribution in [0.5, 0.6) is 0 Å². The topological polar surface area (TPSA) is 141 Å². The highest BCUT2D eigenvalue weighted by molar-refractivity contribution is 6.30. The van der Waals surface area contributed by atoms with Crippen LogP contribution in [0.2, 0.25) is 5.02 Å². The second kappa shape index (κ2) is 11.3. The van der Waals surface area contributed by atoms with Crippen molar-refractivity contribution in [3.63, 3.8) is 0 Å². The summed E-state index contributed by atoms with van der Waals surface area (Å²) >= 11 is 5.94. The number of aromatic amines is 1. The number of nitrogens with zero attached hydrogens (tertiary/aromatic N) is 5. The number of aryl methyl sites for hydroxylation is 1. The van der Waals surface area contributed by atoms with Gasteiger partial charge in [0, 0.05) is 34.5 Å². The Labute approximate surface area is 210 Å². The molecule has 188 valence electrons. The number of ether oxygens (including phenoxy) is 1. The van der Waals surface area contributed by atoms with Gasteiger partial charge in [0.2, 0.25) is 5.95 Å². The number of nitrogens with one attached hydrogen (secondary N) is 3. The average molecular weight is 517 g/mol. The summed E-state index contributed by atoms with van der Waals surface area (Å²) in [6.07, 6.45) is 2.56. The molecule has 2 aromatic heterocycles. The molecule has 3 aromatic rings. The summed E-state index contributed by atoms with van der Waals surface area (Å²) in [5.41, 5.74) is 11.2. The number of hydrogen-bond acceptors (Lipinski definition) is 6. The van der Waals surface area contributed by atoms with Crippen molar-refractivity contribution in [2.24, 2.45) is 5.11 Å². The maximum atomic E-state index is 14.1. The predicted octanol–water partition coefficient (Wildman–Crippen LogP) is 4.89. The molecule has 1 aliphatic rings. The summed E-state index contributed by atoms with van der Waals surface area (Å²) in [6.45, 7) is 2.16. The first kappa shape index (κ1) is 25.4. The summed E-state index contributed by atoms with van der Waals surface area (Å²) in [4.78, 5) is 27.3. The maximum absolute atomic E-state index is 14.1. The minimum atomic E-state index is -1.17. The van der Waals surface area contributed by atoms with Crippen LogP contribution in [0.4, 0.5) is 14.7 Å². The van der Waals surface area contributed by atoms with Crippen molar-refractivity contribution in [2.75, 3.05) is 25.1 Å². The van der Waals surface area contributed by atoms with E-state index in [1.807, 2.05) is 6.92 Å². The number of carbonyl (C=O) groups is 1. The molecule has 36 heavy (non-hydrogen) atoms. The number of benzene rings is 1. The molecule has 0 bridgehead atoms. The number of H-pyrrole nitrogens is 1. The molecule has 0 radical (unpaired) electrons. The van der Waals surface area contributed by atoms with Crippen molar-refractivity contribution in [3.05, 3.63) is 74.8 Å². The van der Waals surface area contributed by atoms with Gasteiger partial charge in [0.15, 0.2) is 0 Å². The molecule has 13 heteroatoms. The minimum absolute atomic E-state index is 0.0230.